The van der Waals surface area contributed by atoms with Crippen molar-refractivity contribution in [1.29, 1.82) is 0 Å². The zero-order valence-electron chi connectivity index (χ0n) is 9.51. The van der Waals surface area contributed by atoms with E-state index in [1.165, 1.54) is 11.3 Å². The summed E-state index contributed by atoms with van der Waals surface area (Å²) in [6.07, 6.45) is 2.49. The second-order valence-corrected chi connectivity index (χ2v) is 7.10. The van der Waals surface area contributed by atoms with Crippen LogP contribution in [0.3, 0.4) is 0 Å². The second kappa shape index (κ2) is 5.37. The number of rotatable bonds is 4. The van der Waals surface area contributed by atoms with Crippen molar-refractivity contribution in [3.63, 3.8) is 0 Å². The fraction of sp³-hybridized carbons (Fsp3) is 0.500. The van der Waals surface area contributed by atoms with Crippen LogP contribution < -0.4 is 0 Å². The summed E-state index contributed by atoms with van der Waals surface area (Å²) < 4.78 is 12.6. The fourth-order valence-electron chi connectivity index (χ4n) is 1.22. The monoisotopic (exact) mass is 289 g/mol. The van der Waals surface area contributed by atoms with Crippen molar-refractivity contribution in [2.75, 3.05) is 5.75 Å². The number of nitrogens with zero attached hydrogens (tertiary/aromatic N) is 3. The van der Waals surface area contributed by atoms with E-state index in [2.05, 4.69) is 28.8 Å². The molecule has 0 amide bonds. The molecule has 0 saturated carbocycles. The molecule has 0 aliphatic rings. The molecule has 17 heavy (non-hydrogen) atoms. The van der Waals surface area contributed by atoms with Crippen molar-refractivity contribution in [3.05, 3.63) is 11.5 Å². The molecule has 2 aromatic heterocycles. The highest BCUT2D eigenvalue weighted by Crippen LogP contribution is 2.23. The number of hydrogen-bond donors (Lipinski definition) is 0. The summed E-state index contributed by atoms with van der Waals surface area (Å²) in [5.41, 5.74) is 0.660. The lowest BCUT2D eigenvalue weighted by Gasteiger charge is -2.01. The second-order valence-electron chi connectivity index (χ2n) is 4.04. The quantitative estimate of drug-likeness (QED) is 0.812. The van der Waals surface area contributed by atoms with E-state index in [9.17, 15) is 4.21 Å². The molecule has 0 spiro atoms. The number of halogens is 1. The first-order valence-corrected chi connectivity index (χ1v) is 7.75. The van der Waals surface area contributed by atoms with E-state index in [1.54, 1.807) is 6.20 Å². The molecule has 1 unspecified atom stereocenters. The van der Waals surface area contributed by atoms with Gasteiger partial charge in [0, 0.05) is 5.75 Å². The van der Waals surface area contributed by atoms with E-state index >= 15 is 0 Å². The highest BCUT2D eigenvalue weighted by Gasteiger charge is 2.12. The van der Waals surface area contributed by atoms with Crippen LogP contribution in [0.4, 0.5) is 0 Å². The van der Waals surface area contributed by atoms with Crippen molar-refractivity contribution in [2.45, 2.75) is 24.6 Å². The molecule has 0 aliphatic heterocycles. The maximum absolute atomic E-state index is 12.0. The van der Waals surface area contributed by atoms with E-state index < -0.39 is 10.8 Å². The Morgan fingerprint density at radius 3 is 2.94 bits per heavy atom. The van der Waals surface area contributed by atoms with Crippen molar-refractivity contribution in [2.24, 2.45) is 5.92 Å². The molecule has 1 atom stereocenters. The topological polar surface area (TPSA) is 55.7 Å². The molecule has 0 aromatic carbocycles. The van der Waals surface area contributed by atoms with E-state index in [-0.39, 0.29) is 5.28 Å². The third kappa shape index (κ3) is 3.20. The summed E-state index contributed by atoms with van der Waals surface area (Å²) >= 11 is 7.02. The van der Waals surface area contributed by atoms with Gasteiger partial charge in [-0.25, -0.2) is 15.0 Å². The molecule has 4 nitrogen and oxygen atoms in total. The van der Waals surface area contributed by atoms with Crippen molar-refractivity contribution in [3.8, 4) is 0 Å². The molecule has 0 radical (unpaired) electrons. The Hall–Kier alpha value is -0.590. The Bertz CT molecular complexity index is 555. The average Bonchev–Trinajstić information content (AvgIpc) is 2.68. The Labute approximate surface area is 111 Å². The molecule has 92 valence electrons. The van der Waals surface area contributed by atoms with Gasteiger partial charge in [0.1, 0.15) is 10.3 Å². The predicted octanol–water partition coefficient (Wildman–Crippen LogP) is 2.89. The third-order valence-electron chi connectivity index (χ3n) is 2.18. The van der Waals surface area contributed by atoms with Gasteiger partial charge in [-0.05, 0) is 23.9 Å². The molecule has 0 saturated heterocycles. The molecule has 0 fully saturated rings. The predicted molar refractivity (Wildman–Crippen MR) is 71.0 cm³/mol. The van der Waals surface area contributed by atoms with Gasteiger partial charge in [0.25, 0.3) is 0 Å². The first kappa shape index (κ1) is 12.9. The summed E-state index contributed by atoms with van der Waals surface area (Å²) in [6.45, 7) is 4.22. The Morgan fingerprint density at radius 2 is 2.24 bits per heavy atom. The average molecular weight is 290 g/mol. The van der Waals surface area contributed by atoms with Crippen LogP contribution in [0.15, 0.2) is 10.5 Å². The highest BCUT2D eigenvalue weighted by molar-refractivity contribution is 7.87. The van der Waals surface area contributed by atoms with Crippen LogP contribution in [-0.4, -0.2) is 24.9 Å². The minimum Gasteiger partial charge on any atom is -0.252 e. The number of aromatic nitrogens is 3. The standard InChI is InChI=1S/C10H12ClN3OS2/c1-6(2)3-4-17(15)10-13-7-5-12-9(11)14-8(7)16-10/h5-6H,3-4H2,1-2H3. The lowest BCUT2D eigenvalue weighted by molar-refractivity contribution is 0.619. The summed E-state index contributed by atoms with van der Waals surface area (Å²) in [5, 5.41) is 0.195. The van der Waals surface area contributed by atoms with E-state index in [0.717, 1.165) is 6.42 Å². The van der Waals surface area contributed by atoms with E-state index in [1.807, 2.05) is 0 Å². The Balaban J connectivity index is 2.21. The zero-order chi connectivity index (χ0) is 12.4. The number of hydrogen-bond acceptors (Lipinski definition) is 5. The lowest BCUT2D eigenvalue weighted by Crippen LogP contribution is -2.01. The van der Waals surface area contributed by atoms with Crippen LogP contribution in [0.2, 0.25) is 5.28 Å². The van der Waals surface area contributed by atoms with Crippen LogP contribution in [0.25, 0.3) is 10.3 Å². The van der Waals surface area contributed by atoms with Gasteiger partial charge in [-0.15, -0.1) is 0 Å². The van der Waals surface area contributed by atoms with E-state index in [0.29, 0.717) is 26.4 Å². The SMILES string of the molecule is CC(C)CCS(=O)c1nc2cnc(Cl)nc2s1. The minimum absolute atomic E-state index is 0.195. The lowest BCUT2D eigenvalue weighted by atomic mass is 10.2. The van der Waals surface area contributed by atoms with Gasteiger partial charge in [0.05, 0.1) is 17.0 Å². The molecular weight excluding hydrogens is 278 g/mol. The van der Waals surface area contributed by atoms with Crippen LogP contribution in [0.1, 0.15) is 20.3 Å². The highest BCUT2D eigenvalue weighted by atomic mass is 35.5. The zero-order valence-corrected chi connectivity index (χ0v) is 11.9. The fourth-order valence-corrected chi connectivity index (χ4v) is 3.97. The summed E-state index contributed by atoms with van der Waals surface area (Å²) in [6, 6.07) is 0. The van der Waals surface area contributed by atoms with Crippen molar-refractivity contribution >= 4 is 44.1 Å². The van der Waals surface area contributed by atoms with E-state index in [4.69, 9.17) is 11.6 Å². The normalized spacial score (nSPS) is 13.4. The van der Waals surface area contributed by atoms with Crippen LogP contribution in [0, 0.1) is 5.92 Å². The van der Waals surface area contributed by atoms with Crippen LogP contribution >= 0.6 is 22.9 Å². The Kier molecular flexibility index (Phi) is 4.06. The van der Waals surface area contributed by atoms with Gasteiger partial charge in [-0.2, -0.15) is 0 Å². The summed E-state index contributed by atoms with van der Waals surface area (Å²) in [7, 11) is -1.05. The third-order valence-corrected chi connectivity index (χ3v) is 5.01. The number of thiazole rings is 1. The van der Waals surface area contributed by atoms with Crippen LogP contribution in [-0.2, 0) is 10.8 Å². The summed E-state index contributed by atoms with van der Waals surface area (Å²) in [4.78, 5) is 12.9. The first-order valence-electron chi connectivity index (χ1n) is 5.23. The molecule has 0 bridgehead atoms. The van der Waals surface area contributed by atoms with Gasteiger partial charge in [0.2, 0.25) is 5.28 Å². The van der Waals surface area contributed by atoms with Crippen LogP contribution in [0.5, 0.6) is 0 Å². The van der Waals surface area contributed by atoms with Gasteiger partial charge >= 0.3 is 0 Å². The van der Waals surface area contributed by atoms with Gasteiger partial charge < -0.3 is 0 Å². The molecule has 2 rings (SSSR count). The Morgan fingerprint density at radius 1 is 1.47 bits per heavy atom. The smallest absolute Gasteiger partial charge is 0.223 e. The molecule has 0 aliphatic carbocycles. The van der Waals surface area contributed by atoms with Gasteiger partial charge in [-0.1, -0.05) is 25.2 Å². The minimum atomic E-state index is -1.05. The molecule has 7 heteroatoms. The van der Waals surface area contributed by atoms with Gasteiger partial charge in [-0.3, -0.25) is 4.21 Å². The maximum Gasteiger partial charge on any atom is 0.223 e. The molecular formula is C10H12ClN3OS2. The summed E-state index contributed by atoms with van der Waals surface area (Å²) in [5.74, 6) is 1.18. The maximum atomic E-state index is 12.0. The molecule has 2 aromatic rings. The van der Waals surface area contributed by atoms with Crippen molar-refractivity contribution < 1.29 is 4.21 Å². The first-order chi connectivity index (χ1) is 8.06. The largest absolute Gasteiger partial charge is 0.252 e. The van der Waals surface area contributed by atoms with Gasteiger partial charge in [0.15, 0.2) is 4.34 Å². The van der Waals surface area contributed by atoms with Crippen molar-refractivity contribution in [1.82, 2.24) is 15.0 Å². The molecule has 2 heterocycles. The number of fused-ring (bicyclic) bond motifs is 1. The molecule has 0 N–H and O–H groups in total.